The third-order valence-electron chi connectivity index (χ3n) is 3.11. The van der Waals surface area contributed by atoms with Gasteiger partial charge in [0.25, 0.3) is 0 Å². The summed E-state index contributed by atoms with van der Waals surface area (Å²) >= 11 is 5.99. The lowest BCUT2D eigenvalue weighted by Crippen LogP contribution is -1.95. The molecule has 2 nitrogen and oxygen atoms in total. The average Bonchev–Trinajstić information content (AvgIpc) is 2.35. The number of benzene rings is 2. The SMILES string of the molecule is Cc1cc(C)c(C)c(Oc2cccc(Cl)c2C=O)c1. The fraction of sp³-hybridized carbons (Fsp3) is 0.188. The van der Waals surface area contributed by atoms with E-state index in [1.165, 1.54) is 0 Å². The molecule has 2 aromatic carbocycles. The Morgan fingerprint density at radius 1 is 1.11 bits per heavy atom. The molecule has 0 N–H and O–H groups in total. The van der Waals surface area contributed by atoms with Crippen molar-refractivity contribution in [2.45, 2.75) is 20.8 Å². The van der Waals surface area contributed by atoms with Crippen molar-refractivity contribution in [1.82, 2.24) is 0 Å². The van der Waals surface area contributed by atoms with Crippen LogP contribution in [0.25, 0.3) is 0 Å². The van der Waals surface area contributed by atoms with Crippen LogP contribution < -0.4 is 4.74 Å². The fourth-order valence-electron chi connectivity index (χ4n) is 1.95. The highest BCUT2D eigenvalue weighted by atomic mass is 35.5. The van der Waals surface area contributed by atoms with Crippen LogP contribution in [0.4, 0.5) is 0 Å². The van der Waals surface area contributed by atoms with Gasteiger partial charge < -0.3 is 4.74 Å². The lowest BCUT2D eigenvalue weighted by molar-refractivity contribution is 0.112. The molecule has 19 heavy (non-hydrogen) atoms. The molecule has 0 aliphatic heterocycles. The second-order valence-electron chi connectivity index (χ2n) is 4.58. The molecule has 0 heterocycles. The van der Waals surface area contributed by atoms with E-state index in [4.69, 9.17) is 16.3 Å². The summed E-state index contributed by atoms with van der Waals surface area (Å²) in [6.07, 6.45) is 0.718. The Morgan fingerprint density at radius 2 is 1.84 bits per heavy atom. The van der Waals surface area contributed by atoms with E-state index < -0.39 is 0 Å². The van der Waals surface area contributed by atoms with Crippen molar-refractivity contribution in [1.29, 1.82) is 0 Å². The summed E-state index contributed by atoms with van der Waals surface area (Å²) in [5, 5.41) is 0.398. The maximum absolute atomic E-state index is 11.1. The van der Waals surface area contributed by atoms with E-state index in [9.17, 15) is 4.79 Å². The number of rotatable bonds is 3. The monoisotopic (exact) mass is 274 g/mol. The lowest BCUT2D eigenvalue weighted by atomic mass is 10.1. The zero-order valence-electron chi connectivity index (χ0n) is 11.2. The van der Waals surface area contributed by atoms with E-state index in [1.807, 2.05) is 26.8 Å². The summed E-state index contributed by atoms with van der Waals surface area (Å²) in [7, 11) is 0. The van der Waals surface area contributed by atoms with Crippen LogP contribution in [0, 0.1) is 20.8 Å². The first-order valence-corrected chi connectivity index (χ1v) is 6.40. The van der Waals surface area contributed by atoms with E-state index in [-0.39, 0.29) is 0 Å². The quantitative estimate of drug-likeness (QED) is 0.747. The Bertz CT molecular complexity index is 633. The zero-order chi connectivity index (χ0) is 14.0. The van der Waals surface area contributed by atoms with Gasteiger partial charge in [-0.3, -0.25) is 4.79 Å². The van der Waals surface area contributed by atoms with Crippen molar-refractivity contribution in [2.75, 3.05) is 0 Å². The molecular formula is C16H15ClO2. The highest BCUT2D eigenvalue weighted by Gasteiger charge is 2.11. The van der Waals surface area contributed by atoms with E-state index >= 15 is 0 Å². The molecule has 3 heteroatoms. The molecule has 0 spiro atoms. The third-order valence-corrected chi connectivity index (χ3v) is 3.44. The topological polar surface area (TPSA) is 26.3 Å². The zero-order valence-corrected chi connectivity index (χ0v) is 11.9. The molecule has 0 aromatic heterocycles. The number of ether oxygens (including phenoxy) is 1. The average molecular weight is 275 g/mol. The van der Waals surface area contributed by atoms with Crippen LogP contribution in [0.1, 0.15) is 27.0 Å². The Morgan fingerprint density at radius 3 is 2.53 bits per heavy atom. The number of aryl methyl sites for hydroxylation is 2. The Labute approximate surface area is 118 Å². The predicted octanol–water partition coefficient (Wildman–Crippen LogP) is 4.87. The molecule has 0 atom stereocenters. The highest BCUT2D eigenvalue weighted by molar-refractivity contribution is 6.33. The molecule has 0 fully saturated rings. The minimum atomic E-state index is 0.378. The summed E-state index contributed by atoms with van der Waals surface area (Å²) in [5.41, 5.74) is 3.71. The second-order valence-corrected chi connectivity index (χ2v) is 4.98. The van der Waals surface area contributed by atoms with Crippen LogP contribution in [-0.2, 0) is 0 Å². The smallest absolute Gasteiger partial charge is 0.155 e. The van der Waals surface area contributed by atoms with Gasteiger partial charge in [0.05, 0.1) is 10.6 Å². The maximum Gasteiger partial charge on any atom is 0.155 e. The van der Waals surface area contributed by atoms with E-state index in [1.54, 1.807) is 18.2 Å². The molecule has 0 saturated carbocycles. The molecule has 0 unspecified atom stereocenters. The third kappa shape index (κ3) is 2.79. The van der Waals surface area contributed by atoms with Gasteiger partial charge in [0, 0.05) is 0 Å². The van der Waals surface area contributed by atoms with Gasteiger partial charge in [-0.25, -0.2) is 0 Å². The van der Waals surface area contributed by atoms with Gasteiger partial charge >= 0.3 is 0 Å². The summed E-state index contributed by atoms with van der Waals surface area (Å²) in [6.45, 7) is 6.04. The van der Waals surface area contributed by atoms with Crippen LogP contribution in [0.5, 0.6) is 11.5 Å². The molecular weight excluding hydrogens is 260 g/mol. The first-order chi connectivity index (χ1) is 9.02. The Hall–Kier alpha value is -1.80. The van der Waals surface area contributed by atoms with Crippen molar-refractivity contribution in [3.8, 4) is 11.5 Å². The van der Waals surface area contributed by atoms with Crippen molar-refractivity contribution in [3.63, 3.8) is 0 Å². The number of hydrogen-bond donors (Lipinski definition) is 0. The minimum absolute atomic E-state index is 0.378. The number of aldehydes is 1. The molecule has 2 rings (SSSR count). The van der Waals surface area contributed by atoms with E-state index in [0.717, 1.165) is 28.7 Å². The van der Waals surface area contributed by atoms with Crippen LogP contribution in [0.2, 0.25) is 5.02 Å². The van der Waals surface area contributed by atoms with Crippen LogP contribution in [-0.4, -0.2) is 6.29 Å². The standard InChI is InChI=1S/C16H15ClO2/c1-10-7-11(2)12(3)16(8-10)19-15-6-4-5-14(17)13(15)9-18/h4-9H,1-3H3. The second kappa shape index (κ2) is 5.45. The van der Waals surface area contributed by atoms with Gasteiger partial charge in [0.1, 0.15) is 11.5 Å². The van der Waals surface area contributed by atoms with Gasteiger partial charge in [-0.1, -0.05) is 23.7 Å². The first-order valence-electron chi connectivity index (χ1n) is 6.02. The molecule has 0 amide bonds. The maximum atomic E-state index is 11.1. The molecule has 0 bridgehead atoms. The van der Waals surface area contributed by atoms with Gasteiger partial charge in [-0.05, 0) is 55.7 Å². The normalized spacial score (nSPS) is 10.3. The number of hydrogen-bond acceptors (Lipinski definition) is 2. The molecule has 0 aliphatic carbocycles. The molecule has 0 aliphatic rings. The molecule has 2 aromatic rings. The summed E-state index contributed by atoms with van der Waals surface area (Å²) in [6, 6.07) is 9.24. The molecule has 0 saturated heterocycles. The summed E-state index contributed by atoms with van der Waals surface area (Å²) < 4.78 is 5.86. The number of carbonyl (C=O) groups is 1. The Kier molecular flexibility index (Phi) is 3.91. The van der Waals surface area contributed by atoms with Crippen LogP contribution >= 0.6 is 11.6 Å². The van der Waals surface area contributed by atoms with E-state index in [2.05, 4.69) is 6.07 Å². The highest BCUT2D eigenvalue weighted by Crippen LogP contribution is 2.32. The van der Waals surface area contributed by atoms with Gasteiger partial charge in [0.2, 0.25) is 0 Å². The largest absolute Gasteiger partial charge is 0.456 e. The number of halogens is 1. The van der Waals surface area contributed by atoms with Crippen molar-refractivity contribution in [2.24, 2.45) is 0 Å². The number of carbonyl (C=O) groups excluding carboxylic acids is 1. The van der Waals surface area contributed by atoms with Gasteiger partial charge in [0.15, 0.2) is 6.29 Å². The minimum Gasteiger partial charge on any atom is -0.456 e. The Balaban J connectivity index is 2.47. The van der Waals surface area contributed by atoms with Crippen molar-refractivity contribution >= 4 is 17.9 Å². The molecule has 98 valence electrons. The first kappa shape index (κ1) is 13.6. The van der Waals surface area contributed by atoms with Gasteiger partial charge in [-0.2, -0.15) is 0 Å². The van der Waals surface area contributed by atoms with Crippen molar-refractivity contribution < 1.29 is 9.53 Å². The van der Waals surface area contributed by atoms with Crippen LogP contribution in [0.3, 0.4) is 0 Å². The molecule has 0 radical (unpaired) electrons. The summed E-state index contributed by atoms with van der Waals surface area (Å²) in [5.74, 6) is 1.23. The fourth-order valence-corrected chi connectivity index (χ4v) is 2.16. The van der Waals surface area contributed by atoms with Gasteiger partial charge in [-0.15, -0.1) is 0 Å². The summed E-state index contributed by atoms with van der Waals surface area (Å²) in [4.78, 5) is 11.1. The van der Waals surface area contributed by atoms with Crippen molar-refractivity contribution in [3.05, 3.63) is 57.6 Å². The lowest BCUT2D eigenvalue weighted by Gasteiger charge is -2.13. The predicted molar refractivity (Wildman–Crippen MR) is 77.6 cm³/mol. The van der Waals surface area contributed by atoms with Crippen LogP contribution in [0.15, 0.2) is 30.3 Å². The van der Waals surface area contributed by atoms with E-state index in [0.29, 0.717) is 16.3 Å².